The van der Waals surface area contributed by atoms with Crippen LogP contribution in [0, 0.1) is 0 Å². The molecule has 1 aromatic carbocycles. The smallest absolute Gasteiger partial charge is 0.339 e. The van der Waals surface area contributed by atoms with Crippen LogP contribution in [-0.2, 0) is 4.74 Å². The third-order valence-electron chi connectivity index (χ3n) is 1.65. The van der Waals surface area contributed by atoms with Crippen LogP contribution in [0.25, 0.3) is 0 Å². The third kappa shape index (κ3) is 2.35. The van der Waals surface area contributed by atoms with Gasteiger partial charge in [-0.1, -0.05) is 23.2 Å². The van der Waals surface area contributed by atoms with Gasteiger partial charge in [0, 0.05) is 4.90 Å². The molecule has 1 rings (SSSR count). The summed E-state index contributed by atoms with van der Waals surface area (Å²) in [7, 11) is 1.31. The Morgan fingerprint density at radius 3 is 2.50 bits per heavy atom. The number of rotatable bonds is 2. The Balaban J connectivity index is 3.24. The average Bonchev–Trinajstić information content (AvgIpc) is 2.17. The van der Waals surface area contributed by atoms with Gasteiger partial charge in [-0.25, -0.2) is 4.79 Å². The SMILES string of the molecule is COC(=O)c1cc(SC)c(Cl)cc1Cl. The van der Waals surface area contributed by atoms with Crippen molar-refractivity contribution in [3.8, 4) is 0 Å². The second kappa shape index (κ2) is 4.91. The van der Waals surface area contributed by atoms with Gasteiger partial charge < -0.3 is 4.74 Å². The highest BCUT2D eigenvalue weighted by Crippen LogP contribution is 2.31. The van der Waals surface area contributed by atoms with Crippen molar-refractivity contribution in [2.24, 2.45) is 0 Å². The summed E-state index contributed by atoms with van der Waals surface area (Å²) in [6.45, 7) is 0. The van der Waals surface area contributed by atoms with E-state index < -0.39 is 5.97 Å². The fourth-order valence-electron chi connectivity index (χ4n) is 0.952. The molecular formula is C9H8Cl2O2S. The summed E-state index contributed by atoms with van der Waals surface area (Å²) in [6.07, 6.45) is 1.87. The summed E-state index contributed by atoms with van der Waals surface area (Å²) in [5.74, 6) is -0.457. The summed E-state index contributed by atoms with van der Waals surface area (Å²) in [4.78, 5) is 12.1. The van der Waals surface area contributed by atoms with Gasteiger partial charge >= 0.3 is 5.97 Å². The van der Waals surface area contributed by atoms with Crippen molar-refractivity contribution in [1.82, 2.24) is 0 Å². The van der Waals surface area contributed by atoms with Crippen molar-refractivity contribution in [2.75, 3.05) is 13.4 Å². The number of benzene rings is 1. The number of esters is 1. The fraction of sp³-hybridized carbons (Fsp3) is 0.222. The number of hydrogen-bond donors (Lipinski definition) is 0. The van der Waals surface area contributed by atoms with Gasteiger partial charge in [0.1, 0.15) is 0 Å². The van der Waals surface area contributed by atoms with Crippen LogP contribution >= 0.6 is 35.0 Å². The molecule has 14 heavy (non-hydrogen) atoms. The molecule has 0 aliphatic carbocycles. The Bertz CT molecular complexity index is 366. The van der Waals surface area contributed by atoms with Crippen LogP contribution in [0.5, 0.6) is 0 Å². The van der Waals surface area contributed by atoms with Crippen molar-refractivity contribution in [1.29, 1.82) is 0 Å². The van der Waals surface area contributed by atoms with Crippen molar-refractivity contribution in [2.45, 2.75) is 4.90 Å². The molecular weight excluding hydrogens is 243 g/mol. The second-order valence-electron chi connectivity index (χ2n) is 2.46. The molecule has 0 aromatic heterocycles. The topological polar surface area (TPSA) is 26.3 Å². The van der Waals surface area contributed by atoms with Crippen LogP contribution in [0.15, 0.2) is 17.0 Å². The first-order valence-electron chi connectivity index (χ1n) is 3.71. The highest BCUT2D eigenvalue weighted by atomic mass is 35.5. The first-order valence-corrected chi connectivity index (χ1v) is 5.69. The number of carbonyl (C=O) groups is 1. The van der Waals surface area contributed by atoms with E-state index in [9.17, 15) is 4.79 Å². The Hall–Kier alpha value is -0.380. The molecule has 0 amide bonds. The Kier molecular flexibility index (Phi) is 4.11. The molecule has 5 heteroatoms. The van der Waals surface area contributed by atoms with Gasteiger partial charge in [0.25, 0.3) is 0 Å². The quantitative estimate of drug-likeness (QED) is 0.594. The van der Waals surface area contributed by atoms with E-state index in [1.165, 1.54) is 18.9 Å². The fourth-order valence-corrected chi connectivity index (χ4v) is 2.13. The average molecular weight is 251 g/mol. The Morgan fingerprint density at radius 2 is 2.00 bits per heavy atom. The minimum Gasteiger partial charge on any atom is -0.465 e. The molecule has 0 radical (unpaired) electrons. The number of halogens is 2. The summed E-state index contributed by atoms with van der Waals surface area (Å²) < 4.78 is 4.58. The van der Waals surface area contributed by atoms with Crippen LogP contribution in [0.1, 0.15) is 10.4 Å². The van der Waals surface area contributed by atoms with E-state index >= 15 is 0 Å². The molecule has 0 saturated carbocycles. The van der Waals surface area contributed by atoms with E-state index in [0.29, 0.717) is 15.6 Å². The first kappa shape index (κ1) is 11.7. The second-order valence-corrected chi connectivity index (χ2v) is 4.12. The maximum absolute atomic E-state index is 11.3. The zero-order valence-electron chi connectivity index (χ0n) is 7.64. The zero-order chi connectivity index (χ0) is 10.7. The van der Waals surface area contributed by atoms with E-state index in [4.69, 9.17) is 23.2 Å². The molecule has 0 fully saturated rings. The molecule has 0 saturated heterocycles. The monoisotopic (exact) mass is 250 g/mol. The lowest BCUT2D eigenvalue weighted by atomic mass is 10.2. The minimum atomic E-state index is -0.457. The van der Waals surface area contributed by atoms with Crippen molar-refractivity contribution in [3.63, 3.8) is 0 Å². The lowest BCUT2D eigenvalue weighted by molar-refractivity contribution is 0.0600. The maximum Gasteiger partial charge on any atom is 0.339 e. The summed E-state index contributed by atoms with van der Waals surface area (Å²) in [5, 5.41) is 0.842. The number of methoxy groups -OCH3 is 1. The van der Waals surface area contributed by atoms with Crippen molar-refractivity contribution in [3.05, 3.63) is 27.7 Å². The normalized spacial score (nSPS) is 10.0. The molecule has 0 aliphatic rings. The molecule has 0 aliphatic heterocycles. The van der Waals surface area contributed by atoms with Gasteiger partial charge in [-0.2, -0.15) is 0 Å². The molecule has 1 aromatic rings. The number of ether oxygens (including phenoxy) is 1. The van der Waals surface area contributed by atoms with E-state index in [2.05, 4.69) is 4.74 Å². The lowest BCUT2D eigenvalue weighted by Crippen LogP contribution is -2.02. The summed E-state index contributed by atoms with van der Waals surface area (Å²) in [5.41, 5.74) is 0.336. The number of carbonyl (C=O) groups excluding carboxylic acids is 1. The zero-order valence-corrected chi connectivity index (χ0v) is 9.96. The molecule has 0 atom stereocenters. The number of hydrogen-bond acceptors (Lipinski definition) is 3. The minimum absolute atomic E-state index is 0.305. The Labute approximate surface area is 96.5 Å². The maximum atomic E-state index is 11.3. The van der Waals surface area contributed by atoms with Gasteiger partial charge in [0.05, 0.1) is 22.7 Å². The van der Waals surface area contributed by atoms with Crippen LogP contribution in [0.2, 0.25) is 10.0 Å². The highest BCUT2D eigenvalue weighted by Gasteiger charge is 2.13. The van der Waals surface area contributed by atoms with E-state index in [1.54, 1.807) is 12.1 Å². The highest BCUT2D eigenvalue weighted by molar-refractivity contribution is 7.98. The van der Waals surface area contributed by atoms with Gasteiger partial charge in [0.15, 0.2) is 0 Å². The first-order chi connectivity index (χ1) is 6.60. The molecule has 0 unspecified atom stereocenters. The lowest BCUT2D eigenvalue weighted by Gasteiger charge is -2.06. The van der Waals surface area contributed by atoms with Crippen molar-refractivity contribution < 1.29 is 9.53 Å². The molecule has 0 spiro atoms. The summed E-state index contributed by atoms with van der Waals surface area (Å²) >= 11 is 13.2. The van der Waals surface area contributed by atoms with E-state index in [0.717, 1.165) is 4.90 Å². The standard InChI is InChI=1S/C9H8Cl2O2S/c1-13-9(12)5-3-8(14-2)7(11)4-6(5)10/h3-4H,1-2H3. The van der Waals surface area contributed by atoms with Crippen molar-refractivity contribution >= 4 is 40.9 Å². The summed E-state index contributed by atoms with van der Waals surface area (Å²) in [6, 6.07) is 3.17. The van der Waals surface area contributed by atoms with Crippen LogP contribution in [-0.4, -0.2) is 19.3 Å². The predicted molar refractivity (Wildman–Crippen MR) is 59.6 cm³/mol. The van der Waals surface area contributed by atoms with Gasteiger partial charge in [-0.3, -0.25) is 0 Å². The van der Waals surface area contributed by atoms with E-state index in [1.807, 2.05) is 6.26 Å². The Morgan fingerprint density at radius 1 is 1.36 bits per heavy atom. The van der Waals surface area contributed by atoms with E-state index in [-0.39, 0.29) is 0 Å². The largest absolute Gasteiger partial charge is 0.465 e. The number of thioether (sulfide) groups is 1. The molecule has 76 valence electrons. The van der Waals surface area contributed by atoms with Crippen LogP contribution < -0.4 is 0 Å². The molecule has 0 bridgehead atoms. The molecule has 0 N–H and O–H groups in total. The van der Waals surface area contributed by atoms with Gasteiger partial charge in [-0.05, 0) is 18.4 Å². The third-order valence-corrected chi connectivity index (χ3v) is 3.16. The molecule has 0 heterocycles. The predicted octanol–water partition coefficient (Wildman–Crippen LogP) is 3.50. The molecule has 2 nitrogen and oxygen atoms in total. The van der Waals surface area contributed by atoms with Crippen LogP contribution in [0.4, 0.5) is 0 Å². The van der Waals surface area contributed by atoms with Gasteiger partial charge in [0.2, 0.25) is 0 Å². The van der Waals surface area contributed by atoms with Crippen LogP contribution in [0.3, 0.4) is 0 Å². The van der Waals surface area contributed by atoms with Gasteiger partial charge in [-0.15, -0.1) is 11.8 Å².